The number of amides is 1. The second-order valence-corrected chi connectivity index (χ2v) is 8.98. The monoisotopic (exact) mass is 449 g/mol. The highest BCUT2D eigenvalue weighted by atomic mass is 35.5. The van der Waals surface area contributed by atoms with E-state index < -0.39 is 12.0 Å². The summed E-state index contributed by atoms with van der Waals surface area (Å²) in [4.78, 5) is 35.4. The van der Waals surface area contributed by atoms with Gasteiger partial charge in [0.15, 0.2) is 6.10 Å². The van der Waals surface area contributed by atoms with Gasteiger partial charge >= 0.3 is 0 Å². The number of aliphatic hydroxyl groups is 1. The average Bonchev–Trinajstić information content (AvgIpc) is 2.78. The highest BCUT2D eigenvalue weighted by molar-refractivity contribution is 6.31. The van der Waals surface area contributed by atoms with Crippen LogP contribution in [0.25, 0.3) is 0 Å². The minimum atomic E-state index is -1.37. The number of aromatic nitrogens is 2. The number of carbonyl (C=O) groups is 1. The van der Waals surface area contributed by atoms with E-state index in [4.69, 9.17) is 16.6 Å². The lowest BCUT2D eigenvalue weighted by Gasteiger charge is -2.42. The van der Waals surface area contributed by atoms with Crippen LogP contribution in [0.1, 0.15) is 53.6 Å². The molecule has 5 rings (SSSR count). The van der Waals surface area contributed by atoms with Gasteiger partial charge in [-0.3, -0.25) is 9.59 Å². The fourth-order valence-electron chi connectivity index (χ4n) is 4.79. The van der Waals surface area contributed by atoms with Crippen LogP contribution in [-0.2, 0) is 23.2 Å². The fraction of sp³-hybridized carbons (Fsp3) is 0.320. The van der Waals surface area contributed by atoms with Gasteiger partial charge in [0.05, 0.1) is 23.2 Å². The molecule has 1 fully saturated rings. The van der Waals surface area contributed by atoms with Crippen LogP contribution in [0.3, 0.4) is 0 Å². The second kappa shape index (κ2) is 8.19. The first-order valence-electron chi connectivity index (χ1n) is 10.9. The molecular formula is C25H24ClN3O3. The first-order chi connectivity index (χ1) is 15.5. The molecule has 0 saturated heterocycles. The molecular weight excluding hydrogens is 426 g/mol. The quantitative estimate of drug-likeness (QED) is 0.638. The first-order valence-corrected chi connectivity index (χ1v) is 11.3. The molecule has 0 bridgehead atoms. The average molecular weight is 450 g/mol. The highest BCUT2D eigenvalue weighted by Gasteiger charge is 2.43. The van der Waals surface area contributed by atoms with E-state index in [0.29, 0.717) is 29.1 Å². The maximum Gasteiger partial charge on any atom is 0.256 e. The number of H-pyrrole nitrogens is 1. The van der Waals surface area contributed by atoms with E-state index in [-0.39, 0.29) is 17.5 Å². The van der Waals surface area contributed by atoms with Crippen molar-refractivity contribution in [2.24, 2.45) is 0 Å². The molecule has 1 atom stereocenters. The Hall–Kier alpha value is -2.96. The van der Waals surface area contributed by atoms with Crippen molar-refractivity contribution in [3.05, 3.63) is 98.2 Å². The second-order valence-electron chi connectivity index (χ2n) is 8.58. The Kier molecular flexibility index (Phi) is 5.35. The van der Waals surface area contributed by atoms with Crippen molar-refractivity contribution < 1.29 is 9.90 Å². The summed E-state index contributed by atoms with van der Waals surface area (Å²) in [7, 11) is 0. The van der Waals surface area contributed by atoms with E-state index >= 15 is 0 Å². The van der Waals surface area contributed by atoms with Gasteiger partial charge in [-0.05, 0) is 24.5 Å². The zero-order valence-electron chi connectivity index (χ0n) is 17.6. The number of hydrogen-bond donors (Lipinski definition) is 2. The van der Waals surface area contributed by atoms with E-state index in [9.17, 15) is 14.7 Å². The number of fused-ring (bicyclic) bond motifs is 1. The highest BCUT2D eigenvalue weighted by Crippen LogP contribution is 2.47. The molecule has 2 aliphatic rings. The standard InChI is InChI=1S/C25H24ClN3O3/c26-19-10-5-4-9-17(19)21(30)23(32)29-14-11-20-18(15-29)22(31)28-24(27-20)25(12-6-13-25)16-7-2-1-3-8-16/h1-5,7-10,21,30H,6,11-15H2,(H,27,28,31)/t21-/m1/s1. The van der Waals surface area contributed by atoms with Crippen LogP contribution in [0.15, 0.2) is 59.4 Å². The number of halogens is 1. The number of hydrogen-bond acceptors (Lipinski definition) is 4. The predicted molar refractivity (Wildman–Crippen MR) is 121 cm³/mol. The van der Waals surface area contributed by atoms with E-state index in [1.54, 1.807) is 24.3 Å². The van der Waals surface area contributed by atoms with Crippen molar-refractivity contribution in [2.75, 3.05) is 6.54 Å². The molecule has 2 N–H and O–H groups in total. The van der Waals surface area contributed by atoms with Crippen LogP contribution in [0, 0.1) is 0 Å². The summed E-state index contributed by atoms with van der Waals surface area (Å²) in [5.41, 5.74) is 2.30. The van der Waals surface area contributed by atoms with E-state index in [1.165, 1.54) is 10.5 Å². The largest absolute Gasteiger partial charge is 0.378 e. The Morgan fingerprint density at radius 2 is 1.84 bits per heavy atom. The van der Waals surface area contributed by atoms with Gasteiger partial charge in [-0.15, -0.1) is 0 Å². The molecule has 2 aromatic carbocycles. The van der Waals surface area contributed by atoms with Gasteiger partial charge in [-0.1, -0.05) is 66.6 Å². The number of nitrogens with one attached hydrogen (secondary N) is 1. The summed E-state index contributed by atoms with van der Waals surface area (Å²) in [6.07, 6.45) is 2.10. The molecule has 1 amide bonds. The molecule has 32 heavy (non-hydrogen) atoms. The van der Waals surface area contributed by atoms with Crippen LogP contribution in [0.2, 0.25) is 5.02 Å². The van der Waals surface area contributed by atoms with Gasteiger partial charge in [0.2, 0.25) is 0 Å². The molecule has 0 spiro atoms. The summed E-state index contributed by atoms with van der Waals surface area (Å²) in [6, 6.07) is 16.9. The van der Waals surface area contributed by atoms with Crippen molar-refractivity contribution in [2.45, 2.75) is 43.7 Å². The first kappa shape index (κ1) is 20.9. The minimum Gasteiger partial charge on any atom is -0.378 e. The van der Waals surface area contributed by atoms with Crippen molar-refractivity contribution in [1.82, 2.24) is 14.9 Å². The van der Waals surface area contributed by atoms with Crippen molar-refractivity contribution in [1.29, 1.82) is 0 Å². The van der Waals surface area contributed by atoms with Gasteiger partial charge in [0, 0.05) is 23.6 Å². The minimum absolute atomic E-state index is 0.122. The lowest BCUT2D eigenvalue weighted by Crippen LogP contribution is -2.44. The van der Waals surface area contributed by atoms with Crippen molar-refractivity contribution in [3.63, 3.8) is 0 Å². The normalized spacial score (nSPS) is 17.9. The summed E-state index contributed by atoms with van der Waals surface area (Å²) in [5.74, 6) is 0.251. The van der Waals surface area contributed by atoms with Gasteiger partial charge in [0.1, 0.15) is 5.82 Å². The zero-order valence-corrected chi connectivity index (χ0v) is 18.3. The zero-order chi connectivity index (χ0) is 22.3. The van der Waals surface area contributed by atoms with Gasteiger partial charge in [0.25, 0.3) is 11.5 Å². The third-order valence-corrected chi connectivity index (χ3v) is 7.15. The Labute approximate surface area is 190 Å². The summed E-state index contributed by atoms with van der Waals surface area (Å²) >= 11 is 6.14. The Morgan fingerprint density at radius 3 is 2.53 bits per heavy atom. The van der Waals surface area contributed by atoms with Crippen LogP contribution in [0.4, 0.5) is 0 Å². The van der Waals surface area contributed by atoms with Crippen LogP contribution >= 0.6 is 11.6 Å². The third-order valence-electron chi connectivity index (χ3n) is 6.80. The topological polar surface area (TPSA) is 86.3 Å². The predicted octanol–water partition coefficient (Wildman–Crippen LogP) is 3.51. The molecule has 0 radical (unpaired) electrons. The Balaban J connectivity index is 1.42. The molecule has 6 nitrogen and oxygen atoms in total. The fourth-order valence-corrected chi connectivity index (χ4v) is 5.03. The van der Waals surface area contributed by atoms with Gasteiger partial charge < -0.3 is 15.0 Å². The van der Waals surface area contributed by atoms with Crippen LogP contribution in [-0.4, -0.2) is 32.4 Å². The van der Waals surface area contributed by atoms with Gasteiger partial charge in [-0.2, -0.15) is 0 Å². The number of nitrogens with zero attached hydrogens (tertiary/aromatic N) is 2. The van der Waals surface area contributed by atoms with Crippen molar-refractivity contribution in [3.8, 4) is 0 Å². The summed E-state index contributed by atoms with van der Waals surface area (Å²) in [5, 5.41) is 10.9. The molecule has 7 heteroatoms. The number of rotatable bonds is 4. The Bertz CT molecular complexity index is 1220. The SMILES string of the molecule is O=C([C@H](O)c1ccccc1Cl)N1CCc2nc(C3(c4ccccc4)CCC3)[nH]c(=O)c2C1. The number of carbonyl (C=O) groups excluding carboxylic acids is 1. The van der Waals surface area contributed by atoms with Crippen LogP contribution in [0.5, 0.6) is 0 Å². The lowest BCUT2D eigenvalue weighted by atomic mass is 9.64. The molecule has 1 saturated carbocycles. The molecule has 2 heterocycles. The van der Waals surface area contributed by atoms with Gasteiger partial charge in [-0.25, -0.2) is 4.98 Å². The van der Waals surface area contributed by atoms with E-state index in [0.717, 1.165) is 30.8 Å². The smallest absolute Gasteiger partial charge is 0.256 e. The Morgan fingerprint density at radius 1 is 1.12 bits per heavy atom. The molecule has 3 aromatic rings. The van der Waals surface area contributed by atoms with E-state index in [2.05, 4.69) is 17.1 Å². The number of aliphatic hydroxyl groups excluding tert-OH is 1. The summed E-state index contributed by atoms with van der Waals surface area (Å²) < 4.78 is 0. The van der Waals surface area contributed by atoms with Crippen molar-refractivity contribution >= 4 is 17.5 Å². The number of benzene rings is 2. The molecule has 1 aliphatic heterocycles. The third kappa shape index (κ3) is 3.44. The molecule has 1 aliphatic carbocycles. The summed E-state index contributed by atoms with van der Waals surface area (Å²) in [6.45, 7) is 0.512. The number of aromatic amines is 1. The maximum atomic E-state index is 13.0. The maximum absolute atomic E-state index is 13.0. The molecule has 0 unspecified atom stereocenters. The molecule has 1 aromatic heterocycles. The molecule has 164 valence electrons. The van der Waals surface area contributed by atoms with Crippen LogP contribution < -0.4 is 5.56 Å². The van der Waals surface area contributed by atoms with E-state index in [1.807, 2.05) is 18.2 Å². The lowest BCUT2D eigenvalue weighted by molar-refractivity contribution is -0.141.